The first-order chi connectivity index (χ1) is 7.24. The molecule has 0 saturated carbocycles. The smallest absolute Gasteiger partial charge is 0.0541 e. The van der Waals surface area contributed by atoms with Crippen LogP contribution in [0.3, 0.4) is 0 Å². The van der Waals surface area contributed by atoms with Gasteiger partial charge in [0.25, 0.3) is 0 Å². The van der Waals surface area contributed by atoms with E-state index < -0.39 is 0 Å². The van der Waals surface area contributed by atoms with Crippen molar-refractivity contribution in [2.45, 2.75) is 18.7 Å². The van der Waals surface area contributed by atoms with Crippen molar-refractivity contribution < 1.29 is 0 Å². The molecule has 1 aromatic carbocycles. The van der Waals surface area contributed by atoms with E-state index in [0.717, 1.165) is 23.9 Å². The molecule has 3 heteroatoms. The molecule has 1 N–H and O–H groups in total. The number of benzene rings is 1. The lowest BCUT2D eigenvalue weighted by Crippen LogP contribution is -2.21. The molecule has 0 aliphatic heterocycles. The lowest BCUT2D eigenvalue weighted by molar-refractivity contribution is 0.574. The van der Waals surface area contributed by atoms with Gasteiger partial charge in [-0.1, -0.05) is 37.6 Å². The van der Waals surface area contributed by atoms with Gasteiger partial charge >= 0.3 is 0 Å². The number of hydrogen-bond acceptors (Lipinski definition) is 2. The van der Waals surface area contributed by atoms with Crippen molar-refractivity contribution in [2.24, 2.45) is 5.92 Å². The van der Waals surface area contributed by atoms with Crippen LogP contribution in [-0.4, -0.2) is 18.8 Å². The molecule has 0 aliphatic rings. The van der Waals surface area contributed by atoms with Crippen molar-refractivity contribution in [3.8, 4) is 0 Å². The largest absolute Gasteiger partial charge is 0.317 e. The van der Waals surface area contributed by atoms with Crippen LogP contribution >= 0.6 is 23.4 Å². The number of nitrogens with one attached hydrogen (secondary N) is 1. The van der Waals surface area contributed by atoms with Gasteiger partial charge in [0.2, 0.25) is 0 Å². The average molecular weight is 244 g/mol. The van der Waals surface area contributed by atoms with Crippen molar-refractivity contribution >= 4 is 23.4 Å². The molecule has 0 saturated heterocycles. The van der Waals surface area contributed by atoms with Gasteiger partial charge in [0.05, 0.1) is 5.02 Å². The minimum atomic E-state index is 0.672. The third kappa shape index (κ3) is 4.92. The summed E-state index contributed by atoms with van der Waals surface area (Å²) in [5.74, 6) is 1.78. The van der Waals surface area contributed by atoms with Gasteiger partial charge in [-0.25, -0.2) is 0 Å². The van der Waals surface area contributed by atoms with Crippen LogP contribution in [0.25, 0.3) is 0 Å². The lowest BCUT2D eigenvalue weighted by Gasteiger charge is -2.11. The second kappa shape index (κ2) is 7.15. The Bertz CT molecular complexity index is 291. The van der Waals surface area contributed by atoms with Crippen LogP contribution in [0.15, 0.2) is 29.2 Å². The second-order valence-corrected chi connectivity index (χ2v) is 5.12. The zero-order chi connectivity index (χ0) is 11.1. The molecular weight excluding hydrogens is 226 g/mol. The summed E-state index contributed by atoms with van der Waals surface area (Å²) < 4.78 is 0. The van der Waals surface area contributed by atoms with Gasteiger partial charge in [0.15, 0.2) is 0 Å². The van der Waals surface area contributed by atoms with Crippen LogP contribution in [0.2, 0.25) is 5.02 Å². The van der Waals surface area contributed by atoms with Gasteiger partial charge < -0.3 is 5.32 Å². The average Bonchev–Trinajstić information content (AvgIpc) is 2.25. The maximum atomic E-state index is 6.08. The summed E-state index contributed by atoms with van der Waals surface area (Å²) in [5, 5.41) is 4.21. The highest BCUT2D eigenvalue weighted by Crippen LogP contribution is 2.27. The van der Waals surface area contributed by atoms with Crippen LogP contribution in [0.5, 0.6) is 0 Å². The summed E-state index contributed by atoms with van der Waals surface area (Å²) in [6, 6.07) is 8.02. The molecule has 0 radical (unpaired) electrons. The highest BCUT2D eigenvalue weighted by Gasteiger charge is 2.04. The third-order valence-electron chi connectivity index (χ3n) is 2.10. The molecule has 0 aliphatic carbocycles. The molecule has 1 unspecified atom stereocenters. The van der Waals surface area contributed by atoms with Gasteiger partial charge in [0, 0.05) is 10.6 Å². The second-order valence-electron chi connectivity index (χ2n) is 3.65. The summed E-state index contributed by atoms with van der Waals surface area (Å²) >= 11 is 7.91. The summed E-state index contributed by atoms with van der Waals surface area (Å²) in [5.41, 5.74) is 0. The predicted molar refractivity (Wildman–Crippen MR) is 69.9 cm³/mol. The lowest BCUT2D eigenvalue weighted by atomic mass is 10.2. The molecule has 84 valence electrons. The number of halogens is 1. The fourth-order valence-corrected chi connectivity index (χ4v) is 2.51. The normalized spacial score (nSPS) is 12.7. The van der Waals surface area contributed by atoms with Gasteiger partial charge in [-0.3, -0.25) is 0 Å². The van der Waals surface area contributed by atoms with E-state index >= 15 is 0 Å². The maximum absolute atomic E-state index is 6.08. The van der Waals surface area contributed by atoms with E-state index in [1.165, 1.54) is 4.90 Å². The van der Waals surface area contributed by atoms with Crippen molar-refractivity contribution in [1.82, 2.24) is 5.32 Å². The molecule has 0 amide bonds. The van der Waals surface area contributed by atoms with Crippen LogP contribution in [0.4, 0.5) is 0 Å². The topological polar surface area (TPSA) is 12.0 Å². The Hall–Kier alpha value is -0.180. The Morgan fingerprint density at radius 1 is 1.40 bits per heavy atom. The fourth-order valence-electron chi connectivity index (χ4n) is 1.24. The monoisotopic (exact) mass is 243 g/mol. The van der Waals surface area contributed by atoms with E-state index in [1.54, 1.807) is 0 Å². The zero-order valence-electron chi connectivity index (χ0n) is 9.29. The van der Waals surface area contributed by atoms with Gasteiger partial charge in [-0.2, -0.15) is 0 Å². The Labute approximate surface area is 102 Å². The fraction of sp³-hybridized carbons (Fsp3) is 0.500. The highest BCUT2D eigenvalue weighted by atomic mass is 35.5. The van der Waals surface area contributed by atoms with E-state index in [0.29, 0.717) is 5.92 Å². The first-order valence-electron chi connectivity index (χ1n) is 5.32. The Morgan fingerprint density at radius 2 is 2.13 bits per heavy atom. The van der Waals surface area contributed by atoms with E-state index in [2.05, 4.69) is 25.2 Å². The molecule has 0 heterocycles. The van der Waals surface area contributed by atoms with Crippen molar-refractivity contribution in [3.05, 3.63) is 29.3 Å². The van der Waals surface area contributed by atoms with Crippen molar-refractivity contribution in [1.29, 1.82) is 0 Å². The highest BCUT2D eigenvalue weighted by molar-refractivity contribution is 7.99. The Kier molecular flexibility index (Phi) is 6.15. The van der Waals surface area contributed by atoms with E-state index in [1.807, 2.05) is 30.0 Å². The summed E-state index contributed by atoms with van der Waals surface area (Å²) in [4.78, 5) is 1.18. The maximum Gasteiger partial charge on any atom is 0.0541 e. The molecule has 1 atom stereocenters. The molecule has 1 rings (SSSR count). The van der Waals surface area contributed by atoms with E-state index in [-0.39, 0.29) is 0 Å². The van der Waals surface area contributed by atoms with Crippen molar-refractivity contribution in [2.75, 3.05) is 18.8 Å². The quantitative estimate of drug-likeness (QED) is 0.765. The summed E-state index contributed by atoms with van der Waals surface area (Å²) in [6.45, 7) is 6.51. The molecule has 0 spiro atoms. The zero-order valence-corrected chi connectivity index (χ0v) is 10.9. The van der Waals surface area contributed by atoms with Crippen LogP contribution in [0.1, 0.15) is 13.8 Å². The van der Waals surface area contributed by atoms with Gasteiger partial charge in [0.1, 0.15) is 0 Å². The van der Waals surface area contributed by atoms with Crippen LogP contribution in [0, 0.1) is 5.92 Å². The SMILES string of the molecule is CCNCC(C)CSc1ccccc1Cl. The molecular formula is C12H18ClNS. The summed E-state index contributed by atoms with van der Waals surface area (Å²) in [6.07, 6.45) is 0. The molecule has 0 aromatic heterocycles. The van der Waals surface area contributed by atoms with E-state index in [4.69, 9.17) is 11.6 Å². The molecule has 0 fully saturated rings. The minimum absolute atomic E-state index is 0.672. The van der Waals surface area contributed by atoms with Crippen LogP contribution in [-0.2, 0) is 0 Å². The number of rotatable bonds is 6. The molecule has 0 bridgehead atoms. The standard InChI is InChI=1S/C12H18ClNS/c1-3-14-8-10(2)9-15-12-7-5-4-6-11(12)13/h4-7,10,14H,3,8-9H2,1-2H3. The van der Waals surface area contributed by atoms with Crippen molar-refractivity contribution in [3.63, 3.8) is 0 Å². The van der Waals surface area contributed by atoms with Gasteiger partial charge in [-0.15, -0.1) is 11.8 Å². The first kappa shape index (κ1) is 12.9. The molecule has 1 aromatic rings. The number of hydrogen-bond donors (Lipinski definition) is 1. The minimum Gasteiger partial charge on any atom is -0.317 e. The Balaban J connectivity index is 2.33. The first-order valence-corrected chi connectivity index (χ1v) is 6.68. The van der Waals surface area contributed by atoms with E-state index in [9.17, 15) is 0 Å². The Morgan fingerprint density at radius 3 is 2.80 bits per heavy atom. The van der Waals surface area contributed by atoms with Crippen LogP contribution < -0.4 is 5.32 Å². The summed E-state index contributed by atoms with van der Waals surface area (Å²) in [7, 11) is 0. The molecule has 15 heavy (non-hydrogen) atoms. The molecule has 1 nitrogen and oxygen atoms in total. The van der Waals surface area contributed by atoms with Gasteiger partial charge in [-0.05, 0) is 31.1 Å². The predicted octanol–water partition coefficient (Wildman–Crippen LogP) is 3.68. The third-order valence-corrected chi connectivity index (χ3v) is 3.95. The number of thioether (sulfide) groups is 1.